The Kier molecular flexibility index (Phi) is 4.08. The smallest absolute Gasteiger partial charge is 0.256 e. The van der Waals surface area contributed by atoms with Crippen LogP contribution in [0.5, 0.6) is 5.75 Å². The summed E-state index contributed by atoms with van der Waals surface area (Å²) in [5.74, 6) is -0.241. The van der Waals surface area contributed by atoms with E-state index < -0.39 is 17.5 Å². The van der Waals surface area contributed by atoms with E-state index in [0.717, 1.165) is 18.4 Å². The Bertz CT molecular complexity index is 1030. The lowest BCUT2D eigenvalue weighted by molar-refractivity contribution is -0.534. The van der Waals surface area contributed by atoms with Crippen LogP contribution in [0.4, 0.5) is 5.69 Å². The Hall–Kier alpha value is -2.64. The van der Waals surface area contributed by atoms with Gasteiger partial charge < -0.3 is 10.1 Å². The third-order valence-electron chi connectivity index (χ3n) is 6.65. The van der Waals surface area contributed by atoms with Crippen LogP contribution < -0.4 is 10.1 Å². The molecule has 1 N–H and O–H groups in total. The lowest BCUT2D eigenvalue weighted by atomic mass is 9.77. The Morgan fingerprint density at radius 1 is 1.31 bits per heavy atom. The number of carbonyl (C=O) groups excluding carboxylic acids is 1. The Balaban J connectivity index is 1.73. The summed E-state index contributed by atoms with van der Waals surface area (Å²) in [5.41, 5.74) is 0.811. The summed E-state index contributed by atoms with van der Waals surface area (Å²) < 4.78 is 5.24. The second-order valence-electron chi connectivity index (χ2n) is 7.82. The van der Waals surface area contributed by atoms with Crippen LogP contribution in [-0.4, -0.2) is 41.5 Å². The van der Waals surface area contributed by atoms with Gasteiger partial charge in [0.05, 0.1) is 18.1 Å². The number of hydrogen-bond acceptors (Lipinski definition) is 5. The van der Waals surface area contributed by atoms with Crippen molar-refractivity contribution in [3.63, 3.8) is 0 Å². The highest BCUT2D eigenvalue weighted by molar-refractivity contribution is 6.32. The molecule has 29 heavy (non-hydrogen) atoms. The summed E-state index contributed by atoms with van der Waals surface area (Å²) in [6.45, 7) is 0.650. The van der Waals surface area contributed by atoms with Crippen LogP contribution in [0.2, 0.25) is 5.02 Å². The predicted molar refractivity (Wildman–Crippen MR) is 108 cm³/mol. The molecule has 5 rings (SSSR count). The maximum atomic E-state index is 13.4. The third kappa shape index (κ3) is 2.31. The Morgan fingerprint density at radius 3 is 2.83 bits per heavy atom. The van der Waals surface area contributed by atoms with Crippen LogP contribution in [0, 0.1) is 10.1 Å². The lowest BCUT2D eigenvalue weighted by Gasteiger charge is -2.32. The van der Waals surface area contributed by atoms with Gasteiger partial charge in [-0.25, -0.2) is 0 Å². The van der Waals surface area contributed by atoms with Crippen molar-refractivity contribution < 1.29 is 14.5 Å². The Morgan fingerprint density at radius 2 is 2.10 bits per heavy atom. The number of nitro groups is 1. The fourth-order valence-electron chi connectivity index (χ4n) is 5.67. The number of carbonyl (C=O) groups is 1. The highest BCUT2D eigenvalue weighted by Crippen LogP contribution is 2.58. The van der Waals surface area contributed by atoms with Crippen molar-refractivity contribution in [3.8, 4) is 5.75 Å². The number of amides is 1. The molecule has 2 aromatic rings. The van der Waals surface area contributed by atoms with Crippen molar-refractivity contribution in [3.05, 3.63) is 68.7 Å². The first-order valence-electron chi connectivity index (χ1n) is 9.64. The van der Waals surface area contributed by atoms with Crippen LogP contribution >= 0.6 is 11.6 Å². The van der Waals surface area contributed by atoms with E-state index in [9.17, 15) is 14.9 Å². The van der Waals surface area contributed by atoms with Crippen molar-refractivity contribution in [1.82, 2.24) is 4.90 Å². The summed E-state index contributed by atoms with van der Waals surface area (Å²) >= 11 is 6.35. The van der Waals surface area contributed by atoms with Gasteiger partial charge in [0.25, 0.3) is 11.9 Å². The normalized spacial score (nSPS) is 30.3. The molecule has 0 bridgehead atoms. The zero-order chi connectivity index (χ0) is 20.3. The molecule has 0 unspecified atom stereocenters. The van der Waals surface area contributed by atoms with Gasteiger partial charge in [-0.3, -0.25) is 19.8 Å². The Labute approximate surface area is 172 Å². The van der Waals surface area contributed by atoms with Crippen molar-refractivity contribution in [2.24, 2.45) is 0 Å². The van der Waals surface area contributed by atoms with Crippen molar-refractivity contribution in [1.29, 1.82) is 0 Å². The van der Waals surface area contributed by atoms with Crippen LogP contribution in [0.25, 0.3) is 0 Å². The first-order valence-corrected chi connectivity index (χ1v) is 10.0. The number of hydrogen-bond donors (Lipinski definition) is 1. The van der Waals surface area contributed by atoms with Crippen LogP contribution in [0.1, 0.15) is 29.9 Å². The van der Waals surface area contributed by atoms with Gasteiger partial charge in [0, 0.05) is 28.8 Å². The topological polar surface area (TPSA) is 84.7 Å². The maximum absolute atomic E-state index is 13.4. The van der Waals surface area contributed by atoms with Gasteiger partial charge >= 0.3 is 0 Å². The number of para-hydroxylation sites is 1. The summed E-state index contributed by atoms with van der Waals surface area (Å²) in [4.78, 5) is 27.6. The summed E-state index contributed by atoms with van der Waals surface area (Å²) in [5, 5.41) is 15.8. The molecule has 4 atom stereocenters. The SMILES string of the molecule is COc1ccc([C@@H]2[C@@H]3CCCN3[C@]3(C(=O)Nc4ccccc43)[C@@H]2[N+](=O)[O-])cc1Cl. The number of fused-ring (bicyclic) bond motifs is 4. The number of ether oxygens (including phenoxy) is 1. The van der Waals surface area contributed by atoms with Gasteiger partial charge in [-0.15, -0.1) is 0 Å². The van der Waals surface area contributed by atoms with Gasteiger partial charge in [-0.2, -0.15) is 0 Å². The fraction of sp³-hybridized carbons (Fsp3) is 0.381. The number of halogens is 1. The van der Waals surface area contributed by atoms with E-state index in [0.29, 0.717) is 28.6 Å². The first-order chi connectivity index (χ1) is 14.0. The molecule has 1 amide bonds. The molecule has 3 aliphatic heterocycles. The van der Waals surface area contributed by atoms with Gasteiger partial charge in [0.2, 0.25) is 0 Å². The van der Waals surface area contributed by atoms with E-state index in [1.807, 2.05) is 30.3 Å². The molecule has 1 spiro atoms. The third-order valence-corrected chi connectivity index (χ3v) is 6.95. The summed E-state index contributed by atoms with van der Waals surface area (Å²) in [7, 11) is 1.53. The van der Waals surface area contributed by atoms with Crippen molar-refractivity contribution >= 4 is 23.2 Å². The predicted octanol–water partition coefficient (Wildman–Crippen LogP) is 3.40. The first kappa shape index (κ1) is 18.4. The van der Waals surface area contributed by atoms with E-state index in [1.165, 1.54) is 7.11 Å². The molecule has 0 radical (unpaired) electrons. The van der Waals surface area contributed by atoms with Crippen molar-refractivity contribution in [2.45, 2.75) is 36.4 Å². The number of nitrogens with one attached hydrogen (secondary N) is 1. The number of nitrogens with zero attached hydrogens (tertiary/aromatic N) is 2. The standard InChI is InChI=1S/C21H20ClN3O4/c1-29-17-9-8-12(11-14(17)22)18-16-7-4-10-24(16)21(19(18)25(27)28)13-5-2-3-6-15(13)23-20(21)26/h2-3,5-6,8-9,11,16,18-19H,4,7,10H2,1H3,(H,23,26)/t16-,18+,19+,21-/m0/s1. The van der Waals surface area contributed by atoms with E-state index in [2.05, 4.69) is 10.2 Å². The number of anilines is 1. The molecule has 7 nitrogen and oxygen atoms in total. The highest BCUT2D eigenvalue weighted by atomic mass is 35.5. The molecule has 0 aromatic heterocycles. The molecule has 2 aromatic carbocycles. The molecule has 0 saturated carbocycles. The quantitative estimate of drug-likeness (QED) is 0.615. The van der Waals surface area contributed by atoms with Gasteiger partial charge in [0.15, 0.2) is 5.54 Å². The molecule has 2 saturated heterocycles. The number of benzene rings is 2. The van der Waals surface area contributed by atoms with Crippen molar-refractivity contribution in [2.75, 3.05) is 19.0 Å². The van der Waals surface area contributed by atoms with Gasteiger partial charge in [-0.05, 0) is 36.6 Å². The second kappa shape index (κ2) is 6.43. The molecule has 0 aliphatic carbocycles. The minimum absolute atomic E-state index is 0.105. The average molecular weight is 414 g/mol. The molecule has 8 heteroatoms. The molecule has 2 fully saturated rings. The molecular formula is C21H20ClN3O4. The summed E-state index contributed by atoms with van der Waals surface area (Å²) in [6.07, 6.45) is 1.70. The molecule has 3 heterocycles. The van der Waals surface area contributed by atoms with E-state index >= 15 is 0 Å². The van der Waals surface area contributed by atoms with E-state index in [-0.39, 0.29) is 16.9 Å². The number of methoxy groups -OCH3 is 1. The molecule has 3 aliphatic rings. The average Bonchev–Trinajstić information content (AvgIpc) is 3.35. The minimum Gasteiger partial charge on any atom is -0.495 e. The second-order valence-corrected chi connectivity index (χ2v) is 8.23. The monoisotopic (exact) mass is 413 g/mol. The van der Waals surface area contributed by atoms with Crippen LogP contribution in [0.3, 0.4) is 0 Å². The zero-order valence-electron chi connectivity index (χ0n) is 15.8. The van der Waals surface area contributed by atoms with E-state index in [4.69, 9.17) is 16.3 Å². The van der Waals surface area contributed by atoms with E-state index in [1.54, 1.807) is 12.1 Å². The highest BCUT2D eigenvalue weighted by Gasteiger charge is 2.73. The fourth-order valence-corrected chi connectivity index (χ4v) is 5.93. The van der Waals surface area contributed by atoms with Crippen LogP contribution in [0.15, 0.2) is 42.5 Å². The lowest BCUT2D eigenvalue weighted by Crippen LogP contribution is -2.55. The summed E-state index contributed by atoms with van der Waals surface area (Å²) in [6, 6.07) is 11.4. The van der Waals surface area contributed by atoms with Gasteiger partial charge in [0.1, 0.15) is 5.75 Å². The van der Waals surface area contributed by atoms with Gasteiger partial charge in [-0.1, -0.05) is 35.9 Å². The largest absolute Gasteiger partial charge is 0.495 e. The molecule has 150 valence electrons. The van der Waals surface area contributed by atoms with Crippen LogP contribution in [-0.2, 0) is 10.3 Å². The molecular weight excluding hydrogens is 394 g/mol. The minimum atomic E-state index is -1.31. The zero-order valence-corrected chi connectivity index (χ0v) is 16.6. The number of rotatable bonds is 3. The maximum Gasteiger partial charge on any atom is 0.256 e.